The zero-order chi connectivity index (χ0) is 18.1. The number of guanidine groups is 1. The predicted molar refractivity (Wildman–Crippen MR) is 103 cm³/mol. The number of hydrogen-bond donors (Lipinski definition) is 2. The SMILES string of the molecule is CCN(CCNC(=NC)NCC(C)Oc1cccc(OC)c1)C1CC1. The van der Waals surface area contributed by atoms with Crippen molar-refractivity contribution in [2.75, 3.05) is 40.3 Å². The van der Waals surface area contributed by atoms with Gasteiger partial charge in [0.05, 0.1) is 13.7 Å². The zero-order valence-electron chi connectivity index (χ0n) is 15.9. The number of methoxy groups -OCH3 is 1. The first-order chi connectivity index (χ1) is 12.2. The Kier molecular flexibility index (Phi) is 7.85. The fraction of sp³-hybridized carbons (Fsp3) is 0.632. The van der Waals surface area contributed by atoms with Crippen LogP contribution in [0.5, 0.6) is 11.5 Å². The summed E-state index contributed by atoms with van der Waals surface area (Å²) in [5, 5.41) is 6.69. The van der Waals surface area contributed by atoms with Crippen LogP contribution in [0, 0.1) is 0 Å². The molecule has 1 unspecified atom stereocenters. The van der Waals surface area contributed by atoms with E-state index >= 15 is 0 Å². The molecule has 6 heteroatoms. The highest BCUT2D eigenvalue weighted by Gasteiger charge is 2.27. The Morgan fingerprint density at radius 2 is 2.08 bits per heavy atom. The fourth-order valence-corrected chi connectivity index (χ4v) is 2.77. The smallest absolute Gasteiger partial charge is 0.191 e. The third-order valence-electron chi connectivity index (χ3n) is 4.32. The minimum absolute atomic E-state index is 0.0178. The molecule has 0 spiro atoms. The molecule has 6 nitrogen and oxygen atoms in total. The minimum Gasteiger partial charge on any atom is -0.497 e. The lowest BCUT2D eigenvalue weighted by Crippen LogP contribution is -2.44. The molecule has 0 amide bonds. The van der Waals surface area contributed by atoms with Crippen LogP contribution in [0.1, 0.15) is 26.7 Å². The summed E-state index contributed by atoms with van der Waals surface area (Å²) >= 11 is 0. The van der Waals surface area contributed by atoms with Crippen molar-refractivity contribution < 1.29 is 9.47 Å². The predicted octanol–water partition coefficient (Wildman–Crippen LogP) is 2.11. The van der Waals surface area contributed by atoms with Gasteiger partial charge in [0.25, 0.3) is 0 Å². The Morgan fingerprint density at radius 1 is 1.32 bits per heavy atom. The van der Waals surface area contributed by atoms with Gasteiger partial charge in [-0.05, 0) is 38.4 Å². The van der Waals surface area contributed by atoms with Gasteiger partial charge in [0, 0.05) is 32.2 Å². The van der Waals surface area contributed by atoms with Gasteiger partial charge in [0.15, 0.2) is 5.96 Å². The maximum absolute atomic E-state index is 5.92. The van der Waals surface area contributed by atoms with E-state index in [4.69, 9.17) is 9.47 Å². The Bertz CT molecular complexity index is 546. The highest BCUT2D eigenvalue weighted by molar-refractivity contribution is 5.79. The average Bonchev–Trinajstić information content (AvgIpc) is 3.46. The molecule has 1 aromatic rings. The molecule has 1 atom stereocenters. The van der Waals surface area contributed by atoms with E-state index in [1.807, 2.05) is 31.2 Å². The van der Waals surface area contributed by atoms with E-state index in [9.17, 15) is 0 Å². The summed E-state index contributed by atoms with van der Waals surface area (Å²) in [5.74, 6) is 2.42. The van der Waals surface area contributed by atoms with Gasteiger partial charge in [-0.3, -0.25) is 9.89 Å². The van der Waals surface area contributed by atoms with Crippen LogP contribution in [-0.4, -0.2) is 63.3 Å². The van der Waals surface area contributed by atoms with E-state index < -0.39 is 0 Å². The lowest BCUT2D eigenvalue weighted by Gasteiger charge is -2.21. The van der Waals surface area contributed by atoms with Crippen LogP contribution in [0.25, 0.3) is 0 Å². The first kappa shape index (κ1) is 19.4. The third-order valence-corrected chi connectivity index (χ3v) is 4.32. The molecule has 140 valence electrons. The van der Waals surface area contributed by atoms with Crippen molar-refractivity contribution in [1.82, 2.24) is 15.5 Å². The van der Waals surface area contributed by atoms with E-state index in [-0.39, 0.29) is 6.10 Å². The summed E-state index contributed by atoms with van der Waals surface area (Å²) in [6.45, 7) is 8.00. The molecule has 2 rings (SSSR count). The van der Waals surface area contributed by atoms with Crippen LogP contribution in [0.2, 0.25) is 0 Å². The van der Waals surface area contributed by atoms with Crippen molar-refractivity contribution >= 4 is 5.96 Å². The molecule has 2 N–H and O–H groups in total. The Labute approximate surface area is 151 Å². The molecule has 0 heterocycles. The first-order valence-corrected chi connectivity index (χ1v) is 9.15. The maximum Gasteiger partial charge on any atom is 0.191 e. The maximum atomic E-state index is 5.92. The average molecular weight is 348 g/mol. The summed E-state index contributed by atoms with van der Waals surface area (Å²) in [6.07, 6.45) is 2.71. The summed E-state index contributed by atoms with van der Waals surface area (Å²) in [5.41, 5.74) is 0. The van der Waals surface area contributed by atoms with Crippen LogP contribution in [0.3, 0.4) is 0 Å². The number of hydrogen-bond acceptors (Lipinski definition) is 4. The molecule has 1 fully saturated rings. The standard InChI is InChI=1S/C19H32N4O2/c1-5-23(16-9-10-16)12-11-21-19(20-3)22-14-15(2)25-18-8-6-7-17(13-18)24-4/h6-8,13,15-16H,5,9-12,14H2,1-4H3,(H2,20,21,22). The van der Waals surface area contributed by atoms with Gasteiger partial charge in [-0.1, -0.05) is 13.0 Å². The second-order valence-corrected chi connectivity index (χ2v) is 6.35. The quantitative estimate of drug-likeness (QED) is 0.501. The van der Waals surface area contributed by atoms with Gasteiger partial charge >= 0.3 is 0 Å². The topological polar surface area (TPSA) is 58.1 Å². The highest BCUT2D eigenvalue weighted by Crippen LogP contribution is 2.25. The van der Waals surface area contributed by atoms with Crippen molar-refractivity contribution in [3.8, 4) is 11.5 Å². The lowest BCUT2D eigenvalue weighted by atomic mass is 10.3. The first-order valence-electron chi connectivity index (χ1n) is 9.15. The van der Waals surface area contributed by atoms with Gasteiger partial charge in [-0.15, -0.1) is 0 Å². The molecule has 0 aromatic heterocycles. The largest absolute Gasteiger partial charge is 0.497 e. The second-order valence-electron chi connectivity index (χ2n) is 6.35. The third kappa shape index (κ3) is 6.82. The van der Waals surface area contributed by atoms with Crippen molar-refractivity contribution in [2.45, 2.75) is 38.8 Å². The summed E-state index contributed by atoms with van der Waals surface area (Å²) in [4.78, 5) is 6.80. The number of nitrogens with one attached hydrogen (secondary N) is 2. The molecule has 25 heavy (non-hydrogen) atoms. The second kappa shape index (κ2) is 10.1. The summed E-state index contributed by atoms with van der Waals surface area (Å²) in [7, 11) is 3.45. The van der Waals surface area contributed by atoms with Crippen LogP contribution in [-0.2, 0) is 0 Å². The normalized spacial score (nSPS) is 15.8. The fourth-order valence-electron chi connectivity index (χ4n) is 2.77. The van der Waals surface area contributed by atoms with Crippen LogP contribution < -0.4 is 20.1 Å². The zero-order valence-corrected chi connectivity index (χ0v) is 15.9. The van der Waals surface area contributed by atoms with Crippen molar-refractivity contribution in [3.05, 3.63) is 24.3 Å². The molecular weight excluding hydrogens is 316 g/mol. The molecule has 0 aliphatic heterocycles. The molecule has 1 aliphatic carbocycles. The Balaban J connectivity index is 1.68. The van der Waals surface area contributed by atoms with Crippen LogP contribution in [0.4, 0.5) is 0 Å². The van der Waals surface area contributed by atoms with E-state index in [1.165, 1.54) is 12.8 Å². The van der Waals surface area contributed by atoms with E-state index in [0.29, 0.717) is 6.54 Å². The molecular formula is C19H32N4O2. The Morgan fingerprint density at radius 3 is 2.72 bits per heavy atom. The summed E-state index contributed by atoms with van der Waals surface area (Å²) in [6, 6.07) is 8.46. The van der Waals surface area contributed by atoms with Crippen molar-refractivity contribution in [3.63, 3.8) is 0 Å². The number of rotatable bonds is 10. The molecule has 1 aliphatic rings. The van der Waals surface area contributed by atoms with Crippen molar-refractivity contribution in [1.29, 1.82) is 0 Å². The van der Waals surface area contributed by atoms with E-state index in [0.717, 1.165) is 43.1 Å². The molecule has 1 aromatic carbocycles. The summed E-state index contributed by atoms with van der Waals surface area (Å²) < 4.78 is 11.1. The van der Waals surface area contributed by atoms with Crippen LogP contribution >= 0.6 is 0 Å². The van der Waals surface area contributed by atoms with Crippen molar-refractivity contribution in [2.24, 2.45) is 4.99 Å². The number of likely N-dealkylation sites (N-methyl/N-ethyl adjacent to an activating group) is 1. The van der Waals surface area contributed by atoms with Gasteiger partial charge in [0.2, 0.25) is 0 Å². The van der Waals surface area contributed by atoms with Gasteiger partial charge in [0.1, 0.15) is 17.6 Å². The number of nitrogens with zero attached hydrogens (tertiary/aromatic N) is 2. The lowest BCUT2D eigenvalue weighted by molar-refractivity contribution is 0.222. The molecule has 1 saturated carbocycles. The van der Waals surface area contributed by atoms with Crippen LogP contribution in [0.15, 0.2) is 29.3 Å². The number of ether oxygens (including phenoxy) is 2. The van der Waals surface area contributed by atoms with E-state index in [1.54, 1.807) is 14.2 Å². The number of benzene rings is 1. The molecule has 0 saturated heterocycles. The van der Waals surface area contributed by atoms with Gasteiger partial charge in [-0.2, -0.15) is 0 Å². The molecule has 0 radical (unpaired) electrons. The van der Waals surface area contributed by atoms with Gasteiger partial charge < -0.3 is 20.1 Å². The minimum atomic E-state index is 0.0178. The monoisotopic (exact) mass is 348 g/mol. The Hall–Kier alpha value is -1.95. The van der Waals surface area contributed by atoms with Gasteiger partial charge in [-0.25, -0.2) is 0 Å². The number of aliphatic imine (C=N–C) groups is 1. The van der Waals surface area contributed by atoms with E-state index in [2.05, 4.69) is 27.4 Å². The molecule has 0 bridgehead atoms. The highest BCUT2D eigenvalue weighted by atomic mass is 16.5.